The van der Waals surface area contributed by atoms with E-state index in [0.717, 1.165) is 6.54 Å². The lowest BCUT2D eigenvalue weighted by molar-refractivity contribution is 0.379. The van der Waals surface area contributed by atoms with E-state index < -0.39 is 0 Å². The summed E-state index contributed by atoms with van der Waals surface area (Å²) in [5, 5.41) is 3.79. The Bertz CT molecular complexity index is 575. The summed E-state index contributed by atoms with van der Waals surface area (Å²) in [6.45, 7) is 5.52. The zero-order chi connectivity index (χ0) is 14.8. The molecule has 0 amide bonds. The highest BCUT2D eigenvalue weighted by Gasteiger charge is 2.30. The normalized spacial score (nSPS) is 16.1. The molecule has 1 nitrogen and oxygen atoms in total. The Labute approximate surface area is 139 Å². The number of aryl methyl sites for hydroxylation is 1. The molecule has 0 aliphatic heterocycles. The molecule has 3 rings (SSSR count). The van der Waals surface area contributed by atoms with E-state index in [1.165, 1.54) is 44.6 Å². The number of rotatable bonds is 5. The maximum atomic E-state index is 3.79. The lowest BCUT2D eigenvalue weighted by Crippen LogP contribution is -2.28. The van der Waals surface area contributed by atoms with Crippen LogP contribution in [-0.2, 0) is 12.8 Å². The lowest BCUT2D eigenvalue weighted by Gasteiger charge is -2.23. The average molecular weight is 364 g/mol. The maximum absolute atomic E-state index is 3.79. The van der Waals surface area contributed by atoms with Crippen LogP contribution in [0.2, 0.25) is 0 Å². The van der Waals surface area contributed by atoms with Gasteiger partial charge in [0.2, 0.25) is 0 Å². The minimum atomic E-state index is 0.479. The molecule has 0 bridgehead atoms. The summed E-state index contributed by atoms with van der Waals surface area (Å²) in [4.78, 5) is 2.86. The minimum Gasteiger partial charge on any atom is -0.309 e. The van der Waals surface area contributed by atoms with Crippen LogP contribution in [-0.4, -0.2) is 6.54 Å². The third-order valence-electron chi connectivity index (χ3n) is 4.35. The van der Waals surface area contributed by atoms with Crippen LogP contribution in [0.5, 0.6) is 0 Å². The van der Waals surface area contributed by atoms with Crippen LogP contribution >= 0.6 is 27.3 Å². The molecule has 1 N–H and O–H groups in total. The van der Waals surface area contributed by atoms with E-state index in [-0.39, 0.29) is 0 Å². The number of fused-ring (bicyclic) bond motifs is 1. The number of thiophene rings is 1. The quantitative estimate of drug-likeness (QED) is 0.762. The first-order valence-electron chi connectivity index (χ1n) is 7.75. The summed E-state index contributed by atoms with van der Waals surface area (Å²) < 4.78 is 1.25. The number of nitrogens with one attached hydrogen (secondary N) is 1. The van der Waals surface area contributed by atoms with Gasteiger partial charge in [-0.1, -0.05) is 31.2 Å². The van der Waals surface area contributed by atoms with Crippen LogP contribution in [0, 0.1) is 12.8 Å². The summed E-state index contributed by atoms with van der Waals surface area (Å²) in [5.41, 5.74) is 3.08. The number of halogens is 1. The van der Waals surface area contributed by atoms with Crippen molar-refractivity contribution >= 4 is 27.3 Å². The van der Waals surface area contributed by atoms with Crippen molar-refractivity contribution < 1.29 is 0 Å². The predicted octanol–water partition coefficient (Wildman–Crippen LogP) is 5.27. The smallest absolute Gasteiger partial charge is 0.0450 e. The van der Waals surface area contributed by atoms with Crippen molar-refractivity contribution in [3.05, 3.63) is 55.7 Å². The van der Waals surface area contributed by atoms with Crippen molar-refractivity contribution in [2.75, 3.05) is 6.54 Å². The Morgan fingerprint density at radius 1 is 1.29 bits per heavy atom. The Morgan fingerprint density at radius 3 is 2.48 bits per heavy atom. The lowest BCUT2D eigenvalue weighted by atomic mass is 9.95. The van der Waals surface area contributed by atoms with Crippen molar-refractivity contribution in [2.45, 2.75) is 39.2 Å². The zero-order valence-corrected chi connectivity index (χ0v) is 15.1. The molecule has 2 aromatic rings. The van der Waals surface area contributed by atoms with Crippen LogP contribution in [0.1, 0.15) is 40.3 Å². The molecule has 0 radical (unpaired) electrons. The summed E-state index contributed by atoms with van der Waals surface area (Å²) in [6, 6.07) is 11.7. The largest absolute Gasteiger partial charge is 0.309 e. The van der Waals surface area contributed by atoms with Gasteiger partial charge in [-0.25, -0.2) is 0 Å². The van der Waals surface area contributed by atoms with Gasteiger partial charge in [0.1, 0.15) is 0 Å². The van der Waals surface area contributed by atoms with E-state index >= 15 is 0 Å². The molecular formula is C18H22BrNS. The van der Waals surface area contributed by atoms with Gasteiger partial charge in [0, 0.05) is 20.3 Å². The third-order valence-corrected chi connectivity index (χ3v) is 6.57. The fraction of sp³-hybridized carbons (Fsp3) is 0.444. The summed E-state index contributed by atoms with van der Waals surface area (Å²) in [6.07, 6.45) is 3.58. The molecule has 1 aromatic carbocycles. The second-order valence-corrected chi connectivity index (χ2v) is 8.06. The van der Waals surface area contributed by atoms with E-state index in [1.807, 2.05) is 11.3 Å². The van der Waals surface area contributed by atoms with Crippen molar-refractivity contribution in [3.8, 4) is 0 Å². The van der Waals surface area contributed by atoms with Gasteiger partial charge in [-0.15, -0.1) is 11.3 Å². The summed E-state index contributed by atoms with van der Waals surface area (Å²) in [7, 11) is 0. The molecule has 1 aromatic heterocycles. The Balaban J connectivity index is 1.84. The van der Waals surface area contributed by atoms with Crippen molar-refractivity contribution in [3.63, 3.8) is 0 Å². The Kier molecular flexibility index (Phi) is 4.82. The second kappa shape index (κ2) is 6.64. The van der Waals surface area contributed by atoms with Gasteiger partial charge < -0.3 is 5.32 Å². The number of hydrogen-bond acceptors (Lipinski definition) is 2. The van der Waals surface area contributed by atoms with E-state index in [0.29, 0.717) is 12.0 Å². The number of benzene rings is 1. The van der Waals surface area contributed by atoms with Crippen molar-refractivity contribution in [2.24, 2.45) is 5.92 Å². The Hall–Kier alpha value is -0.640. The predicted molar refractivity (Wildman–Crippen MR) is 95.1 cm³/mol. The van der Waals surface area contributed by atoms with Crippen LogP contribution in [0.4, 0.5) is 0 Å². The molecule has 1 atom stereocenters. The third kappa shape index (κ3) is 3.25. The first-order valence-corrected chi connectivity index (χ1v) is 9.36. The highest BCUT2D eigenvalue weighted by Crippen LogP contribution is 2.39. The molecule has 0 fully saturated rings. The summed E-state index contributed by atoms with van der Waals surface area (Å²) in [5.74, 6) is 0.680. The molecule has 21 heavy (non-hydrogen) atoms. The molecule has 0 saturated carbocycles. The van der Waals surface area contributed by atoms with E-state index in [1.54, 1.807) is 0 Å². The molecule has 1 aliphatic rings. The Morgan fingerprint density at radius 2 is 1.95 bits per heavy atom. The average Bonchev–Trinajstić information content (AvgIpc) is 3.04. The monoisotopic (exact) mass is 363 g/mol. The molecule has 1 heterocycles. The second-order valence-electron chi connectivity index (χ2n) is 5.92. The van der Waals surface area contributed by atoms with Crippen molar-refractivity contribution in [1.29, 1.82) is 0 Å². The first kappa shape index (κ1) is 15.3. The highest BCUT2D eigenvalue weighted by atomic mass is 79.9. The number of hydrogen-bond donors (Lipinski definition) is 1. The van der Waals surface area contributed by atoms with Crippen molar-refractivity contribution in [1.82, 2.24) is 5.32 Å². The van der Waals surface area contributed by atoms with Gasteiger partial charge in [0.25, 0.3) is 0 Å². The summed E-state index contributed by atoms with van der Waals surface area (Å²) >= 11 is 5.60. The van der Waals surface area contributed by atoms with Gasteiger partial charge in [-0.05, 0) is 71.8 Å². The zero-order valence-electron chi connectivity index (χ0n) is 12.7. The van der Waals surface area contributed by atoms with E-state index in [4.69, 9.17) is 0 Å². The SMILES string of the molecule is CCCNC(c1cc(Br)c(C)s1)C1Cc2ccccc2C1. The fourth-order valence-electron chi connectivity index (χ4n) is 3.26. The van der Waals surface area contributed by atoms with Gasteiger partial charge in [-0.2, -0.15) is 0 Å². The molecule has 112 valence electrons. The van der Waals surface area contributed by atoms with Gasteiger partial charge in [-0.3, -0.25) is 0 Å². The molecular weight excluding hydrogens is 342 g/mol. The van der Waals surface area contributed by atoms with Gasteiger partial charge >= 0.3 is 0 Å². The standard InChI is InChI=1S/C18H22BrNS/c1-3-8-20-18(17-11-16(19)12(2)21-17)15-9-13-6-4-5-7-14(13)10-15/h4-7,11,15,18,20H,3,8-10H2,1-2H3. The van der Waals surface area contributed by atoms with Gasteiger partial charge in [0.05, 0.1) is 0 Å². The molecule has 0 spiro atoms. The fourth-order valence-corrected chi connectivity index (χ4v) is 4.99. The van der Waals surface area contributed by atoms with Crippen LogP contribution < -0.4 is 5.32 Å². The van der Waals surface area contributed by atoms with Gasteiger partial charge in [0.15, 0.2) is 0 Å². The topological polar surface area (TPSA) is 12.0 Å². The van der Waals surface area contributed by atoms with Crippen LogP contribution in [0.25, 0.3) is 0 Å². The molecule has 1 aliphatic carbocycles. The molecule has 3 heteroatoms. The highest BCUT2D eigenvalue weighted by molar-refractivity contribution is 9.10. The van der Waals surface area contributed by atoms with Crippen LogP contribution in [0.15, 0.2) is 34.8 Å². The van der Waals surface area contributed by atoms with Crippen LogP contribution in [0.3, 0.4) is 0 Å². The molecule has 0 saturated heterocycles. The van der Waals surface area contributed by atoms with E-state index in [9.17, 15) is 0 Å². The molecule has 1 unspecified atom stereocenters. The van der Waals surface area contributed by atoms with E-state index in [2.05, 4.69) is 65.4 Å². The first-order chi connectivity index (χ1) is 10.2. The maximum Gasteiger partial charge on any atom is 0.0450 e. The minimum absolute atomic E-state index is 0.479.